The smallest absolute Gasteiger partial charge is 0.00405 e. The molecule has 11 heteroatoms. The monoisotopic (exact) mass is 1160 g/mol. The fourth-order valence-electron chi connectivity index (χ4n) is 6.51. The molecule has 0 heterocycles. The summed E-state index contributed by atoms with van der Waals surface area (Å²) in [6, 6.07) is 79.2. The van der Waals surface area contributed by atoms with Crippen LogP contribution in [0.1, 0.15) is 29.2 Å². The second kappa shape index (κ2) is 39.6. The van der Waals surface area contributed by atoms with Crippen LogP contribution in [0.5, 0.6) is 0 Å². The number of hydrogen-bond donors (Lipinski definition) is 0. The first-order valence-electron chi connectivity index (χ1n) is 21.3. The topological polar surface area (TPSA) is 92.0 Å². The summed E-state index contributed by atoms with van der Waals surface area (Å²) in [6.07, 6.45) is 1.92. The Morgan fingerprint density at radius 3 is 0.843 bits per heavy atom. The molecule has 3 radical (unpaired) electrons. The molecular weight excluding hydrogens is 1110 g/mol. The van der Waals surface area contributed by atoms with Crippen molar-refractivity contribution >= 4 is 82.5 Å². The quantitative estimate of drug-likeness (QED) is 0.0406. The van der Waals surface area contributed by atoms with Gasteiger partial charge in [0.05, 0.1) is 0 Å². The van der Waals surface area contributed by atoms with E-state index in [9.17, 15) is 0 Å². The predicted octanol–water partition coefficient (Wildman–Crippen LogP) is 9.51. The van der Waals surface area contributed by atoms with E-state index in [1.807, 2.05) is 13.1 Å². The van der Waals surface area contributed by atoms with E-state index in [1.54, 1.807) is 0 Å². The normalized spacial score (nSPS) is 9.49. The summed E-state index contributed by atoms with van der Waals surface area (Å²) in [4.78, 5) is 0. The second-order valence-electron chi connectivity index (χ2n) is 14.7. The fourth-order valence-corrected chi connectivity index (χ4v) is 15.8. The van der Waals surface area contributed by atoms with Crippen LogP contribution in [0.15, 0.2) is 223 Å². The molecule has 8 aromatic carbocycles. The van der Waals surface area contributed by atoms with E-state index in [4.69, 9.17) is 23.3 Å². The van der Waals surface area contributed by atoms with E-state index >= 15 is 0 Å². The van der Waals surface area contributed by atoms with E-state index in [0.29, 0.717) is 0 Å². The Kier molecular flexibility index (Phi) is 36.8. The first kappa shape index (κ1) is 64.9. The van der Waals surface area contributed by atoms with Crippen LogP contribution in [0.2, 0.25) is 0 Å². The SMILES string of the molecule is C/C=N/[Si](c1ccc(C)cc1)c1ccc(C)cc1.Cc1ccc([Si]c2ccc(C)cc2)cc1.[C-]#[O+].[C-]#[O+].[C-]#[O+].[C-]#[O+].[Ru].[Ru].c1ccc(P(CP(c2ccccc2)c2ccccc2)c2ccccc2)cc1. The third-order valence-electron chi connectivity index (χ3n) is 9.85. The summed E-state index contributed by atoms with van der Waals surface area (Å²) in [5.41, 5.74) is 5.24. The number of benzene rings is 8. The molecule has 0 aliphatic carbocycles. The molecule has 0 aliphatic heterocycles. The zero-order valence-corrected chi connectivity index (χ0v) is 47.0. The van der Waals surface area contributed by atoms with Crippen molar-refractivity contribution < 1.29 is 57.6 Å². The van der Waals surface area contributed by atoms with Gasteiger partial charge in [-0.2, -0.15) is 0 Å². The van der Waals surface area contributed by atoms with Gasteiger partial charge in [0, 0.05) is 44.9 Å². The number of rotatable bonds is 11. The van der Waals surface area contributed by atoms with Crippen molar-refractivity contribution in [2.24, 2.45) is 4.66 Å². The molecule has 0 fully saturated rings. The Morgan fingerprint density at radius 2 is 0.614 bits per heavy atom. The average molecular weight is 1160 g/mol. The average Bonchev–Trinajstić information content (AvgIpc) is 3.42. The maximum absolute atomic E-state index is 7.50. The second-order valence-corrected chi connectivity index (χ2v) is 23.1. The third kappa shape index (κ3) is 23.2. The van der Waals surface area contributed by atoms with E-state index < -0.39 is 24.8 Å². The van der Waals surface area contributed by atoms with Gasteiger partial charge in [0.2, 0.25) is 0 Å². The minimum Gasteiger partial charge on any atom is -0.0622 e. The Hall–Kier alpha value is -5.07. The molecule has 0 N–H and O–H groups in total. The van der Waals surface area contributed by atoms with Crippen LogP contribution in [0.3, 0.4) is 0 Å². The summed E-state index contributed by atoms with van der Waals surface area (Å²) in [7, 11) is -1.06. The molecule has 5 nitrogen and oxygen atoms in total. The molecule has 353 valence electrons. The Balaban J connectivity index is 0.000000975. The molecule has 70 heavy (non-hydrogen) atoms. The molecule has 0 saturated heterocycles. The van der Waals surface area contributed by atoms with Gasteiger partial charge in [0.25, 0.3) is 8.96 Å². The molecule has 0 unspecified atom stereocenters. The Morgan fingerprint density at radius 1 is 0.386 bits per heavy atom. The minimum absolute atomic E-state index is 0. The van der Waals surface area contributed by atoms with Gasteiger partial charge in [-0.15, -0.1) is 0 Å². The van der Waals surface area contributed by atoms with E-state index in [2.05, 4.69) is 273 Å². The van der Waals surface area contributed by atoms with Crippen LogP contribution in [0.4, 0.5) is 0 Å². The largest absolute Gasteiger partial charge is 0.0622 e. The van der Waals surface area contributed by atoms with Crippen molar-refractivity contribution in [1.82, 2.24) is 0 Å². The van der Waals surface area contributed by atoms with E-state index in [-0.39, 0.29) is 39.0 Å². The molecule has 8 rings (SSSR count). The van der Waals surface area contributed by atoms with Crippen LogP contribution in [0, 0.1) is 54.3 Å². The van der Waals surface area contributed by atoms with Crippen LogP contribution in [0.25, 0.3) is 0 Å². The zero-order chi connectivity index (χ0) is 49.9. The van der Waals surface area contributed by atoms with Crippen LogP contribution < -0.4 is 42.0 Å². The molecule has 0 atom stereocenters. The van der Waals surface area contributed by atoms with E-state index in [1.165, 1.54) is 70.1 Å². The molecule has 0 saturated carbocycles. The predicted molar refractivity (Wildman–Crippen MR) is 288 cm³/mol. The van der Waals surface area contributed by atoms with Crippen LogP contribution >= 0.6 is 15.8 Å². The first-order valence-corrected chi connectivity index (χ1v) is 26.8. The van der Waals surface area contributed by atoms with Crippen molar-refractivity contribution in [3.05, 3.63) is 267 Å². The molecule has 8 aromatic rings. The van der Waals surface area contributed by atoms with Crippen molar-refractivity contribution in [1.29, 1.82) is 0 Å². The Bertz CT molecular complexity index is 2400. The van der Waals surface area contributed by atoms with Crippen molar-refractivity contribution in [2.45, 2.75) is 34.6 Å². The molecule has 0 bridgehead atoms. The number of nitrogens with zero attached hydrogens (tertiary/aromatic N) is 1. The summed E-state index contributed by atoms with van der Waals surface area (Å²) < 4.78 is 34.7. The van der Waals surface area contributed by atoms with Gasteiger partial charge in [-0.05, 0) is 88.3 Å². The number of hydrogen-bond acceptors (Lipinski definition) is 1. The van der Waals surface area contributed by atoms with Gasteiger partial charge in [-0.3, -0.25) is 0 Å². The van der Waals surface area contributed by atoms with Crippen LogP contribution in [-0.4, -0.2) is 30.6 Å². The van der Waals surface area contributed by atoms with Gasteiger partial charge in [0.1, 0.15) is 9.52 Å². The maximum Gasteiger partial charge on any atom is 0.00405 e. The summed E-state index contributed by atoms with van der Waals surface area (Å²) in [6.45, 7) is 28.5. The van der Waals surface area contributed by atoms with Crippen molar-refractivity contribution in [3.63, 3.8) is 0 Å². The van der Waals surface area contributed by atoms with Gasteiger partial charge in [-0.1, -0.05) is 251 Å². The maximum atomic E-state index is 7.50. The van der Waals surface area contributed by atoms with Gasteiger partial charge in [-0.25, -0.2) is 0 Å². The van der Waals surface area contributed by atoms with Gasteiger partial charge >= 0.3 is 45.2 Å². The summed E-state index contributed by atoms with van der Waals surface area (Å²) in [5, 5.41) is 11.3. The standard InChI is InChI=1S/C25H22P2.C16H18NSi.C14H14Si.4CO.2Ru/c1-5-13-22(14-6-1)26(23-15-7-2-8-16-23)21-27(24-17-9-3-10-18-24)25-19-11-4-12-20-25;1-4-17-18(15-9-5-13(2)6-10-15)16-11-7-14(3)8-12-16;1-11-3-7-13(8-4-11)15-14-9-5-12(2)6-10-14;4*1-2;;/h1-20H,21H2;4-12H,1-3H3;3-10H,1-2H3;;;;;;/b;17-4+;;;;;;;. The first-order chi connectivity index (χ1) is 33.4. The molecule has 0 aliphatic rings. The summed E-state index contributed by atoms with van der Waals surface area (Å²) in [5.74, 6) is 1.17. The van der Waals surface area contributed by atoms with Gasteiger partial charge in [0.15, 0.2) is 0 Å². The third-order valence-corrected chi connectivity index (χ3v) is 19.3. The molecular formula is C59H54NO4P2Ru2Si2. The van der Waals surface area contributed by atoms with Crippen LogP contribution in [-0.2, 0) is 57.6 Å². The molecule has 0 spiro atoms. The molecule has 0 aromatic heterocycles. The Labute approximate surface area is 449 Å². The van der Waals surface area contributed by atoms with Gasteiger partial charge < -0.3 is 4.66 Å². The minimum atomic E-state index is -1.01. The van der Waals surface area contributed by atoms with E-state index in [0.717, 1.165) is 9.52 Å². The fraction of sp³-hybridized carbons (Fsp3) is 0.102. The summed E-state index contributed by atoms with van der Waals surface area (Å²) >= 11 is 0. The van der Waals surface area contributed by atoms with Crippen molar-refractivity contribution in [3.8, 4) is 0 Å². The number of aryl methyl sites for hydroxylation is 4. The van der Waals surface area contributed by atoms with Crippen molar-refractivity contribution in [2.75, 3.05) is 5.90 Å². The zero-order valence-electron chi connectivity index (χ0n) is 39.8. The molecule has 0 amide bonds.